The SMILES string of the molecule is CC(=Cc1csc(C)n1)C1C/C=C(/C)CCCC(C)C(O)C(C)C(=O)C(C)(C)C(O)CC(=O)N1C. The zero-order valence-corrected chi connectivity index (χ0v) is 23.5. The molecule has 0 saturated carbocycles. The molecule has 35 heavy (non-hydrogen) atoms. The van der Waals surface area contributed by atoms with E-state index < -0.39 is 23.5 Å². The van der Waals surface area contributed by atoms with Gasteiger partial charge < -0.3 is 15.1 Å². The van der Waals surface area contributed by atoms with Crippen molar-refractivity contribution in [1.82, 2.24) is 9.88 Å². The Labute approximate surface area is 215 Å². The van der Waals surface area contributed by atoms with E-state index in [1.165, 1.54) is 5.57 Å². The van der Waals surface area contributed by atoms with Gasteiger partial charge in [0.15, 0.2) is 0 Å². The van der Waals surface area contributed by atoms with E-state index in [0.29, 0.717) is 6.42 Å². The van der Waals surface area contributed by atoms with Crippen LogP contribution in [0.2, 0.25) is 0 Å². The molecule has 1 aromatic rings. The Kier molecular flexibility index (Phi) is 10.4. The molecule has 2 rings (SSSR count). The quantitative estimate of drug-likeness (QED) is 0.542. The first kappa shape index (κ1) is 29.4. The third-order valence-corrected chi connectivity index (χ3v) is 8.46. The van der Waals surface area contributed by atoms with Crippen LogP contribution in [0.5, 0.6) is 0 Å². The first-order valence-electron chi connectivity index (χ1n) is 12.7. The van der Waals surface area contributed by atoms with Gasteiger partial charge in [0.05, 0.1) is 40.8 Å². The van der Waals surface area contributed by atoms with Gasteiger partial charge in [-0.1, -0.05) is 39.3 Å². The number of ketones is 1. The summed E-state index contributed by atoms with van der Waals surface area (Å²) in [5, 5.41) is 24.8. The molecule has 6 nitrogen and oxygen atoms in total. The van der Waals surface area contributed by atoms with Crippen LogP contribution in [0.1, 0.15) is 84.3 Å². The van der Waals surface area contributed by atoms with Crippen molar-refractivity contribution in [2.75, 3.05) is 7.05 Å². The Morgan fingerprint density at radius 1 is 1.23 bits per heavy atom. The molecule has 0 bridgehead atoms. The van der Waals surface area contributed by atoms with Gasteiger partial charge in [0.25, 0.3) is 0 Å². The predicted molar refractivity (Wildman–Crippen MR) is 143 cm³/mol. The topological polar surface area (TPSA) is 90.7 Å². The lowest BCUT2D eigenvalue weighted by atomic mass is 9.73. The molecule has 5 unspecified atom stereocenters. The second-order valence-electron chi connectivity index (χ2n) is 10.9. The van der Waals surface area contributed by atoms with E-state index in [0.717, 1.165) is 35.5 Å². The van der Waals surface area contributed by atoms with Crippen molar-refractivity contribution in [2.24, 2.45) is 17.3 Å². The van der Waals surface area contributed by atoms with Gasteiger partial charge in [-0.25, -0.2) is 4.98 Å². The maximum atomic E-state index is 13.3. The first-order valence-corrected chi connectivity index (χ1v) is 13.6. The Bertz CT molecular complexity index is 949. The summed E-state index contributed by atoms with van der Waals surface area (Å²) in [6.07, 6.45) is 5.43. The maximum Gasteiger partial charge on any atom is 0.225 e. The summed E-state index contributed by atoms with van der Waals surface area (Å²) >= 11 is 1.59. The van der Waals surface area contributed by atoms with E-state index in [1.807, 2.05) is 32.2 Å². The van der Waals surface area contributed by atoms with E-state index in [1.54, 1.807) is 44.1 Å². The largest absolute Gasteiger partial charge is 0.392 e. The van der Waals surface area contributed by atoms with Gasteiger partial charge in [-0.3, -0.25) is 9.59 Å². The molecule has 1 aliphatic rings. The zero-order chi connectivity index (χ0) is 26.5. The minimum atomic E-state index is -1.15. The van der Waals surface area contributed by atoms with Crippen molar-refractivity contribution < 1.29 is 19.8 Å². The van der Waals surface area contributed by atoms with Crippen molar-refractivity contribution in [1.29, 1.82) is 0 Å². The van der Waals surface area contributed by atoms with Crippen LogP contribution < -0.4 is 0 Å². The van der Waals surface area contributed by atoms with Crippen LogP contribution in [0.15, 0.2) is 22.6 Å². The number of Topliss-reactive ketones (excluding diaryl/α,β-unsaturated/α-hetero) is 1. The number of nitrogens with zero attached hydrogens (tertiary/aromatic N) is 2. The van der Waals surface area contributed by atoms with Crippen LogP contribution in [0.25, 0.3) is 6.08 Å². The van der Waals surface area contributed by atoms with Crippen molar-refractivity contribution >= 4 is 29.1 Å². The van der Waals surface area contributed by atoms with Gasteiger partial charge in [-0.05, 0) is 64.0 Å². The molecule has 2 heterocycles. The molecule has 0 fully saturated rings. The van der Waals surface area contributed by atoms with Crippen molar-refractivity contribution in [3.8, 4) is 0 Å². The first-order chi connectivity index (χ1) is 16.2. The third kappa shape index (κ3) is 7.58. The van der Waals surface area contributed by atoms with Crippen LogP contribution in [-0.4, -0.2) is 57.1 Å². The summed E-state index contributed by atoms with van der Waals surface area (Å²) in [5.74, 6) is -1.08. The number of aryl methyl sites for hydroxylation is 1. The van der Waals surface area contributed by atoms with Gasteiger partial charge in [-0.15, -0.1) is 11.3 Å². The summed E-state index contributed by atoms with van der Waals surface area (Å²) in [6, 6.07) is -0.182. The number of aromatic nitrogens is 1. The third-order valence-electron chi connectivity index (χ3n) is 7.66. The number of likely N-dealkylation sites (N-methyl/N-ethyl adjacent to an activating group) is 1. The fraction of sp³-hybridized carbons (Fsp3) is 0.679. The molecule has 1 aromatic heterocycles. The molecule has 0 saturated heterocycles. The molecular formula is C28H44N2O4S. The minimum Gasteiger partial charge on any atom is -0.392 e. The van der Waals surface area contributed by atoms with Crippen molar-refractivity contribution in [3.05, 3.63) is 33.3 Å². The summed E-state index contributed by atoms with van der Waals surface area (Å²) in [6.45, 7) is 13.1. The van der Waals surface area contributed by atoms with Crippen LogP contribution in [0, 0.1) is 24.2 Å². The molecule has 7 heteroatoms. The highest BCUT2D eigenvalue weighted by molar-refractivity contribution is 7.09. The number of amides is 1. The molecule has 0 radical (unpaired) electrons. The van der Waals surface area contributed by atoms with Crippen LogP contribution in [0.3, 0.4) is 0 Å². The average Bonchev–Trinajstić information content (AvgIpc) is 3.20. The molecule has 5 atom stereocenters. The highest BCUT2D eigenvalue weighted by Gasteiger charge is 2.42. The number of aliphatic hydroxyl groups excluding tert-OH is 2. The number of carbonyl (C=O) groups excluding carboxylic acids is 2. The zero-order valence-electron chi connectivity index (χ0n) is 22.7. The fourth-order valence-electron chi connectivity index (χ4n) is 4.85. The summed E-state index contributed by atoms with van der Waals surface area (Å²) in [5.41, 5.74) is 1.99. The Hall–Kier alpha value is -1.83. The highest BCUT2D eigenvalue weighted by atomic mass is 32.1. The van der Waals surface area contributed by atoms with Crippen LogP contribution in [0.4, 0.5) is 0 Å². The normalized spacial score (nSPS) is 31.8. The number of thiazole rings is 1. The average molecular weight is 505 g/mol. The van der Waals surface area contributed by atoms with E-state index >= 15 is 0 Å². The van der Waals surface area contributed by atoms with Gasteiger partial charge >= 0.3 is 0 Å². The lowest BCUT2D eigenvalue weighted by Crippen LogP contribution is -2.47. The van der Waals surface area contributed by atoms with Gasteiger partial charge in [0.2, 0.25) is 5.91 Å². The number of aliphatic hydroxyl groups is 2. The predicted octanol–water partition coefficient (Wildman–Crippen LogP) is 5.18. The molecule has 0 aliphatic carbocycles. The number of hydrogen-bond donors (Lipinski definition) is 2. The maximum absolute atomic E-state index is 13.3. The Morgan fingerprint density at radius 2 is 1.89 bits per heavy atom. The fourth-order valence-corrected chi connectivity index (χ4v) is 5.42. The van der Waals surface area contributed by atoms with Crippen molar-refractivity contribution in [3.63, 3.8) is 0 Å². The molecule has 0 aromatic carbocycles. The molecular weight excluding hydrogens is 460 g/mol. The standard InChI is InChI=1S/C28H44N2O4S/c1-17-10-9-11-18(2)26(33)20(4)27(34)28(6,7)24(31)15-25(32)30(8)23(13-12-17)19(3)14-22-16-35-21(5)29-22/h12,14,16,18,20,23-24,26,31,33H,9-11,13,15H2,1-8H3/b17-12-,19-14?. The van der Waals surface area contributed by atoms with Crippen LogP contribution >= 0.6 is 11.3 Å². The Balaban J connectivity index is 2.41. The number of rotatable bonds is 2. The lowest BCUT2D eigenvalue weighted by molar-refractivity contribution is -0.145. The van der Waals surface area contributed by atoms with E-state index in [4.69, 9.17) is 0 Å². The van der Waals surface area contributed by atoms with Gasteiger partial charge in [-0.2, -0.15) is 0 Å². The Morgan fingerprint density at radius 3 is 2.49 bits per heavy atom. The van der Waals surface area contributed by atoms with E-state index in [-0.39, 0.29) is 30.1 Å². The monoisotopic (exact) mass is 504 g/mol. The second kappa shape index (κ2) is 12.4. The summed E-state index contributed by atoms with van der Waals surface area (Å²) in [4.78, 5) is 32.8. The summed E-state index contributed by atoms with van der Waals surface area (Å²) in [7, 11) is 1.76. The minimum absolute atomic E-state index is 0.0325. The second-order valence-corrected chi connectivity index (χ2v) is 12.0. The number of allylic oxidation sites excluding steroid dienone is 1. The number of carbonyl (C=O) groups is 2. The van der Waals surface area contributed by atoms with Crippen molar-refractivity contribution in [2.45, 2.75) is 98.8 Å². The molecule has 1 aliphatic heterocycles. The van der Waals surface area contributed by atoms with Gasteiger partial charge in [0, 0.05) is 18.3 Å². The molecule has 1 amide bonds. The molecule has 0 spiro atoms. The molecule has 196 valence electrons. The van der Waals surface area contributed by atoms with Crippen LogP contribution in [-0.2, 0) is 9.59 Å². The number of hydrogen-bond acceptors (Lipinski definition) is 6. The highest BCUT2D eigenvalue weighted by Crippen LogP contribution is 2.32. The van der Waals surface area contributed by atoms with E-state index in [9.17, 15) is 19.8 Å². The smallest absolute Gasteiger partial charge is 0.225 e. The molecule has 2 N–H and O–H groups in total. The summed E-state index contributed by atoms with van der Waals surface area (Å²) < 4.78 is 0. The van der Waals surface area contributed by atoms with E-state index in [2.05, 4.69) is 18.0 Å². The lowest BCUT2D eigenvalue weighted by Gasteiger charge is -2.36. The van der Waals surface area contributed by atoms with Gasteiger partial charge in [0.1, 0.15) is 5.78 Å².